The highest BCUT2D eigenvalue weighted by Gasteiger charge is 2.48. The number of carboxylic acids is 1. The third-order valence-corrected chi connectivity index (χ3v) is 3.09. The maximum atomic E-state index is 13.6. The number of hydrogen-bond donors (Lipinski definition) is 1. The van der Waals surface area contributed by atoms with Crippen LogP contribution in [0, 0.1) is 23.0 Å². The van der Waals surface area contributed by atoms with Gasteiger partial charge in [0.1, 0.15) is 17.7 Å². The van der Waals surface area contributed by atoms with Gasteiger partial charge in [-0.25, -0.2) is 8.78 Å². The zero-order chi connectivity index (χ0) is 12.6. The first-order chi connectivity index (χ1) is 7.98. The summed E-state index contributed by atoms with van der Waals surface area (Å²) in [5, 5.41) is 17.4. The number of carboxylic acid groups (broad SMARTS) is 1. The Morgan fingerprint density at radius 3 is 2.53 bits per heavy atom. The standard InChI is InChI=1S/C12H9F2NO2/c13-9-4-10(14)8(3-7(9)6-15)12(1-2-12)5-11(16)17/h3-4H,1-2,5H2,(H,16,17). The molecule has 0 amide bonds. The van der Waals surface area contributed by atoms with E-state index in [0.717, 1.165) is 6.07 Å². The zero-order valence-corrected chi connectivity index (χ0v) is 8.83. The lowest BCUT2D eigenvalue weighted by atomic mass is 9.90. The second-order valence-corrected chi connectivity index (χ2v) is 4.27. The molecule has 5 heteroatoms. The maximum absolute atomic E-state index is 13.6. The van der Waals surface area contributed by atoms with Crippen molar-refractivity contribution in [3.63, 3.8) is 0 Å². The summed E-state index contributed by atoms with van der Waals surface area (Å²) in [4.78, 5) is 10.7. The number of nitrogens with zero attached hydrogens (tertiary/aromatic N) is 1. The van der Waals surface area contributed by atoms with Gasteiger partial charge in [-0.05, 0) is 24.5 Å². The molecule has 1 aromatic carbocycles. The Labute approximate surface area is 96.3 Å². The molecule has 1 aliphatic rings. The van der Waals surface area contributed by atoms with Gasteiger partial charge in [-0.2, -0.15) is 5.26 Å². The molecule has 0 aromatic heterocycles. The van der Waals surface area contributed by atoms with E-state index in [-0.39, 0.29) is 17.5 Å². The Balaban J connectivity index is 2.46. The van der Waals surface area contributed by atoms with Crippen molar-refractivity contribution in [3.05, 3.63) is 34.9 Å². The Morgan fingerprint density at radius 2 is 2.06 bits per heavy atom. The van der Waals surface area contributed by atoms with Gasteiger partial charge in [-0.3, -0.25) is 4.79 Å². The van der Waals surface area contributed by atoms with Gasteiger partial charge in [0, 0.05) is 11.5 Å². The molecule has 1 aromatic rings. The van der Waals surface area contributed by atoms with Crippen LogP contribution in [0.25, 0.3) is 0 Å². The van der Waals surface area contributed by atoms with Crippen molar-refractivity contribution in [2.45, 2.75) is 24.7 Å². The summed E-state index contributed by atoms with van der Waals surface area (Å²) in [5.74, 6) is -2.72. The lowest BCUT2D eigenvalue weighted by molar-refractivity contribution is -0.137. The van der Waals surface area contributed by atoms with Crippen molar-refractivity contribution in [3.8, 4) is 6.07 Å². The molecule has 17 heavy (non-hydrogen) atoms. The predicted molar refractivity (Wildman–Crippen MR) is 54.2 cm³/mol. The van der Waals surface area contributed by atoms with E-state index in [2.05, 4.69) is 0 Å². The largest absolute Gasteiger partial charge is 0.481 e. The van der Waals surface area contributed by atoms with E-state index in [9.17, 15) is 13.6 Å². The number of carbonyl (C=O) groups is 1. The molecular formula is C12H9F2NO2. The fourth-order valence-corrected chi connectivity index (χ4v) is 2.02. The molecule has 0 radical (unpaired) electrons. The fourth-order valence-electron chi connectivity index (χ4n) is 2.02. The summed E-state index contributed by atoms with van der Waals surface area (Å²) in [5.41, 5.74) is -0.870. The third kappa shape index (κ3) is 1.98. The van der Waals surface area contributed by atoms with Crippen LogP contribution < -0.4 is 0 Å². The molecular weight excluding hydrogens is 228 g/mol. The molecule has 1 fully saturated rings. The Bertz CT molecular complexity index is 530. The molecule has 0 aliphatic heterocycles. The van der Waals surface area contributed by atoms with Crippen LogP contribution in [0.4, 0.5) is 8.78 Å². The minimum Gasteiger partial charge on any atom is -0.481 e. The Hall–Kier alpha value is -1.96. The predicted octanol–water partition coefficient (Wildman–Crippen LogP) is 2.34. The SMILES string of the molecule is N#Cc1cc(C2(CC(=O)O)CC2)c(F)cc1F. The number of halogens is 2. The second-order valence-electron chi connectivity index (χ2n) is 4.27. The number of rotatable bonds is 3. The number of benzene rings is 1. The lowest BCUT2D eigenvalue weighted by Crippen LogP contribution is -2.15. The monoisotopic (exact) mass is 237 g/mol. The van der Waals surface area contributed by atoms with Crippen LogP contribution >= 0.6 is 0 Å². The van der Waals surface area contributed by atoms with E-state index >= 15 is 0 Å². The second kappa shape index (κ2) is 3.81. The van der Waals surface area contributed by atoms with Crippen LogP contribution in [0.5, 0.6) is 0 Å². The van der Waals surface area contributed by atoms with E-state index in [0.29, 0.717) is 18.9 Å². The molecule has 88 valence electrons. The van der Waals surface area contributed by atoms with Crippen molar-refractivity contribution < 1.29 is 18.7 Å². The first-order valence-electron chi connectivity index (χ1n) is 5.10. The number of nitriles is 1. The Morgan fingerprint density at radius 1 is 1.41 bits per heavy atom. The summed E-state index contributed by atoms with van der Waals surface area (Å²) in [6.07, 6.45) is 0.903. The van der Waals surface area contributed by atoms with Gasteiger partial charge in [0.15, 0.2) is 0 Å². The van der Waals surface area contributed by atoms with Crippen LogP contribution in [0.2, 0.25) is 0 Å². The van der Waals surface area contributed by atoms with E-state index in [1.165, 1.54) is 0 Å². The van der Waals surface area contributed by atoms with Crippen LogP contribution in [0.3, 0.4) is 0 Å². The van der Waals surface area contributed by atoms with Gasteiger partial charge in [0.05, 0.1) is 12.0 Å². The lowest BCUT2D eigenvalue weighted by Gasteiger charge is -2.14. The molecule has 1 saturated carbocycles. The van der Waals surface area contributed by atoms with Crippen LogP contribution in [0.1, 0.15) is 30.4 Å². The topological polar surface area (TPSA) is 61.1 Å². The van der Waals surface area contributed by atoms with Crippen molar-refractivity contribution in [1.29, 1.82) is 5.26 Å². The maximum Gasteiger partial charge on any atom is 0.304 e. The van der Waals surface area contributed by atoms with E-state index < -0.39 is 23.0 Å². The molecule has 0 heterocycles. The highest BCUT2D eigenvalue weighted by Crippen LogP contribution is 2.52. The van der Waals surface area contributed by atoms with Gasteiger partial charge < -0.3 is 5.11 Å². The van der Waals surface area contributed by atoms with E-state index in [1.54, 1.807) is 6.07 Å². The fraction of sp³-hybridized carbons (Fsp3) is 0.333. The third-order valence-electron chi connectivity index (χ3n) is 3.09. The van der Waals surface area contributed by atoms with Crippen LogP contribution in [-0.4, -0.2) is 11.1 Å². The molecule has 3 nitrogen and oxygen atoms in total. The van der Waals surface area contributed by atoms with Gasteiger partial charge in [-0.1, -0.05) is 0 Å². The molecule has 1 aliphatic carbocycles. The molecule has 0 bridgehead atoms. The summed E-state index contributed by atoms with van der Waals surface area (Å²) in [6.45, 7) is 0. The van der Waals surface area contributed by atoms with Gasteiger partial charge in [-0.15, -0.1) is 0 Å². The minimum absolute atomic E-state index is 0.137. The van der Waals surface area contributed by atoms with Crippen molar-refractivity contribution in [2.24, 2.45) is 0 Å². The summed E-state index contributed by atoms with van der Waals surface area (Å²) in [6, 6.07) is 3.40. The summed E-state index contributed by atoms with van der Waals surface area (Å²) in [7, 11) is 0. The quantitative estimate of drug-likeness (QED) is 0.877. The molecule has 1 N–H and O–H groups in total. The minimum atomic E-state index is -1.02. The van der Waals surface area contributed by atoms with Crippen molar-refractivity contribution in [1.82, 2.24) is 0 Å². The van der Waals surface area contributed by atoms with Crippen molar-refractivity contribution >= 4 is 5.97 Å². The van der Waals surface area contributed by atoms with E-state index in [4.69, 9.17) is 10.4 Å². The highest BCUT2D eigenvalue weighted by molar-refractivity contribution is 5.70. The van der Waals surface area contributed by atoms with Gasteiger partial charge >= 0.3 is 5.97 Å². The molecule has 0 spiro atoms. The number of aliphatic carboxylic acids is 1. The normalized spacial score (nSPS) is 16.3. The molecule has 2 rings (SSSR count). The molecule has 0 atom stereocenters. The van der Waals surface area contributed by atoms with Gasteiger partial charge in [0.2, 0.25) is 0 Å². The number of hydrogen-bond acceptors (Lipinski definition) is 2. The van der Waals surface area contributed by atoms with E-state index in [1.807, 2.05) is 0 Å². The van der Waals surface area contributed by atoms with Crippen molar-refractivity contribution in [2.75, 3.05) is 0 Å². The summed E-state index contributed by atoms with van der Waals surface area (Å²) >= 11 is 0. The zero-order valence-electron chi connectivity index (χ0n) is 8.83. The molecule has 0 unspecified atom stereocenters. The highest BCUT2D eigenvalue weighted by atomic mass is 19.1. The average molecular weight is 237 g/mol. The van der Waals surface area contributed by atoms with Gasteiger partial charge in [0.25, 0.3) is 0 Å². The molecule has 0 saturated heterocycles. The van der Waals surface area contributed by atoms with Crippen LogP contribution in [-0.2, 0) is 10.2 Å². The first kappa shape index (κ1) is 11.5. The average Bonchev–Trinajstić information content (AvgIpc) is 2.97. The first-order valence-corrected chi connectivity index (χ1v) is 5.10. The van der Waals surface area contributed by atoms with Crippen LogP contribution in [0.15, 0.2) is 12.1 Å². The smallest absolute Gasteiger partial charge is 0.304 e. The Kier molecular flexibility index (Phi) is 2.58. The summed E-state index contributed by atoms with van der Waals surface area (Å²) < 4.78 is 26.7.